The van der Waals surface area contributed by atoms with Crippen molar-refractivity contribution in [3.05, 3.63) is 41.0 Å². The van der Waals surface area contributed by atoms with Crippen molar-refractivity contribution in [2.24, 2.45) is 7.05 Å². The van der Waals surface area contributed by atoms with E-state index in [2.05, 4.69) is 10.4 Å². The first kappa shape index (κ1) is 18.5. The van der Waals surface area contributed by atoms with Gasteiger partial charge in [-0.1, -0.05) is 11.6 Å². The summed E-state index contributed by atoms with van der Waals surface area (Å²) in [6.07, 6.45) is 1.96. The van der Waals surface area contributed by atoms with Crippen LogP contribution in [0, 0.1) is 6.92 Å². The predicted molar refractivity (Wildman–Crippen MR) is 111 cm³/mol. The highest BCUT2D eigenvalue weighted by Gasteiger charge is 2.19. The van der Waals surface area contributed by atoms with Crippen LogP contribution >= 0.6 is 11.6 Å². The van der Waals surface area contributed by atoms with Crippen molar-refractivity contribution in [3.63, 3.8) is 0 Å². The Morgan fingerprint density at radius 3 is 2.79 bits per heavy atom. The molecule has 7 nitrogen and oxygen atoms in total. The van der Waals surface area contributed by atoms with Crippen LogP contribution in [0.4, 0.5) is 5.82 Å². The second kappa shape index (κ2) is 7.26. The largest absolute Gasteiger partial charge is 0.466 e. The first-order valence-electron chi connectivity index (χ1n) is 8.76. The molecule has 0 atom stereocenters. The standard InChI is InChI=1S/C20H20ClN5O2/c1-11-17-12(9-26(3)25-17)7-15(18(11)28-10-27-4)20-23-16-6-5-13(21)8-14(16)19(22-2)24-20/h5-9H,10H2,1-4H3,(H,22,23,24). The second-order valence-electron chi connectivity index (χ2n) is 6.48. The molecule has 2 aromatic carbocycles. The minimum absolute atomic E-state index is 0.119. The number of halogens is 1. The number of aromatic nitrogens is 4. The van der Waals surface area contributed by atoms with Gasteiger partial charge >= 0.3 is 0 Å². The maximum atomic E-state index is 6.15. The van der Waals surface area contributed by atoms with Gasteiger partial charge in [-0.05, 0) is 31.2 Å². The Balaban J connectivity index is 2.00. The fourth-order valence-electron chi connectivity index (χ4n) is 3.32. The molecule has 2 heterocycles. The average Bonchev–Trinajstić information content (AvgIpc) is 3.07. The minimum atomic E-state index is 0.119. The van der Waals surface area contributed by atoms with Crippen LogP contribution in [-0.2, 0) is 11.8 Å². The quantitative estimate of drug-likeness (QED) is 0.509. The van der Waals surface area contributed by atoms with Crippen LogP contribution < -0.4 is 10.1 Å². The highest BCUT2D eigenvalue weighted by atomic mass is 35.5. The first-order chi connectivity index (χ1) is 13.5. The zero-order valence-corrected chi connectivity index (χ0v) is 16.8. The van der Waals surface area contributed by atoms with Crippen LogP contribution in [0.15, 0.2) is 30.5 Å². The van der Waals surface area contributed by atoms with Gasteiger partial charge in [0, 0.05) is 48.8 Å². The van der Waals surface area contributed by atoms with Crippen LogP contribution in [0.25, 0.3) is 33.2 Å². The predicted octanol–water partition coefficient (Wildman–Crippen LogP) is 4.17. The molecule has 2 aromatic heterocycles. The molecule has 0 fully saturated rings. The van der Waals surface area contributed by atoms with Crippen molar-refractivity contribution in [1.29, 1.82) is 0 Å². The second-order valence-corrected chi connectivity index (χ2v) is 6.91. The average molecular weight is 398 g/mol. The number of hydrogen-bond donors (Lipinski definition) is 1. The number of aryl methyl sites for hydroxylation is 2. The van der Waals surface area contributed by atoms with Crippen molar-refractivity contribution >= 4 is 39.2 Å². The van der Waals surface area contributed by atoms with E-state index in [0.717, 1.165) is 32.9 Å². The number of anilines is 1. The van der Waals surface area contributed by atoms with E-state index >= 15 is 0 Å². The van der Waals surface area contributed by atoms with Crippen LogP contribution in [-0.4, -0.2) is 40.7 Å². The molecule has 144 valence electrons. The molecule has 0 amide bonds. The normalized spacial score (nSPS) is 11.3. The highest BCUT2D eigenvalue weighted by molar-refractivity contribution is 6.31. The number of nitrogens with one attached hydrogen (secondary N) is 1. The summed E-state index contributed by atoms with van der Waals surface area (Å²) in [6, 6.07) is 7.55. The Bertz CT molecular complexity index is 1190. The lowest BCUT2D eigenvalue weighted by molar-refractivity contribution is 0.0511. The fraction of sp³-hybridized carbons (Fsp3) is 0.250. The topological polar surface area (TPSA) is 74.1 Å². The maximum Gasteiger partial charge on any atom is 0.188 e. The van der Waals surface area contributed by atoms with Crippen molar-refractivity contribution in [2.45, 2.75) is 6.92 Å². The van der Waals surface area contributed by atoms with E-state index in [1.54, 1.807) is 11.8 Å². The summed E-state index contributed by atoms with van der Waals surface area (Å²) in [4.78, 5) is 9.49. The molecule has 0 unspecified atom stereocenters. The third kappa shape index (κ3) is 3.12. The van der Waals surface area contributed by atoms with Crippen LogP contribution in [0.3, 0.4) is 0 Å². The zero-order valence-electron chi connectivity index (χ0n) is 16.1. The molecule has 0 aliphatic rings. The number of hydrogen-bond acceptors (Lipinski definition) is 6. The van der Waals surface area contributed by atoms with Crippen LogP contribution in [0.2, 0.25) is 5.02 Å². The Hall–Kier alpha value is -2.90. The molecule has 4 aromatic rings. The van der Waals surface area contributed by atoms with Crippen molar-refractivity contribution < 1.29 is 9.47 Å². The zero-order chi connectivity index (χ0) is 19.8. The number of fused-ring (bicyclic) bond motifs is 2. The molecule has 0 aliphatic carbocycles. The van der Waals surface area contributed by atoms with E-state index in [0.29, 0.717) is 22.4 Å². The van der Waals surface area contributed by atoms with Gasteiger partial charge in [0.1, 0.15) is 11.6 Å². The number of rotatable bonds is 5. The summed E-state index contributed by atoms with van der Waals surface area (Å²) in [5.74, 6) is 1.91. The van der Waals surface area contributed by atoms with Crippen LogP contribution in [0.1, 0.15) is 5.56 Å². The first-order valence-corrected chi connectivity index (χ1v) is 9.13. The number of nitrogens with zero attached hydrogens (tertiary/aromatic N) is 4. The minimum Gasteiger partial charge on any atom is -0.466 e. The molecule has 0 aliphatic heterocycles. The molecule has 0 saturated carbocycles. The Morgan fingerprint density at radius 2 is 2.04 bits per heavy atom. The van der Waals surface area contributed by atoms with Gasteiger partial charge in [-0.15, -0.1) is 0 Å². The van der Waals surface area contributed by atoms with Crippen molar-refractivity contribution in [1.82, 2.24) is 19.7 Å². The van der Waals surface area contributed by atoms with Crippen molar-refractivity contribution in [2.75, 3.05) is 26.3 Å². The Labute approximate surface area is 167 Å². The molecular formula is C20H20ClN5O2. The van der Waals surface area contributed by atoms with E-state index in [9.17, 15) is 0 Å². The van der Waals surface area contributed by atoms with Gasteiger partial charge in [-0.2, -0.15) is 5.10 Å². The molecule has 0 radical (unpaired) electrons. The van der Waals surface area contributed by atoms with Gasteiger partial charge in [-0.25, -0.2) is 9.97 Å². The third-order valence-electron chi connectivity index (χ3n) is 4.55. The van der Waals surface area contributed by atoms with E-state index < -0.39 is 0 Å². The van der Waals surface area contributed by atoms with E-state index in [1.165, 1.54) is 0 Å². The number of benzene rings is 2. The molecule has 4 rings (SSSR count). The Kier molecular flexibility index (Phi) is 4.78. The molecule has 0 spiro atoms. The lowest BCUT2D eigenvalue weighted by Crippen LogP contribution is -2.05. The Morgan fingerprint density at radius 1 is 1.21 bits per heavy atom. The summed E-state index contributed by atoms with van der Waals surface area (Å²) in [6.45, 7) is 2.10. The van der Waals surface area contributed by atoms with Gasteiger partial charge in [0.2, 0.25) is 0 Å². The molecule has 8 heteroatoms. The maximum absolute atomic E-state index is 6.15. The van der Waals surface area contributed by atoms with Gasteiger partial charge < -0.3 is 14.8 Å². The lowest BCUT2D eigenvalue weighted by Gasteiger charge is -2.15. The third-order valence-corrected chi connectivity index (χ3v) is 4.79. The number of methoxy groups -OCH3 is 1. The van der Waals surface area contributed by atoms with E-state index in [1.807, 2.05) is 51.5 Å². The van der Waals surface area contributed by atoms with Gasteiger partial charge in [0.25, 0.3) is 0 Å². The van der Waals surface area contributed by atoms with Gasteiger partial charge in [0.05, 0.1) is 16.6 Å². The van der Waals surface area contributed by atoms with Crippen molar-refractivity contribution in [3.8, 4) is 17.1 Å². The molecule has 28 heavy (non-hydrogen) atoms. The molecule has 1 N–H and O–H groups in total. The highest BCUT2D eigenvalue weighted by Crippen LogP contribution is 2.38. The molecule has 0 bridgehead atoms. The smallest absolute Gasteiger partial charge is 0.188 e. The van der Waals surface area contributed by atoms with E-state index in [4.69, 9.17) is 31.0 Å². The molecule has 0 saturated heterocycles. The van der Waals surface area contributed by atoms with E-state index in [-0.39, 0.29) is 6.79 Å². The summed E-state index contributed by atoms with van der Waals surface area (Å²) in [5, 5.41) is 10.2. The summed E-state index contributed by atoms with van der Waals surface area (Å²) >= 11 is 6.15. The van der Waals surface area contributed by atoms with Gasteiger partial charge in [-0.3, -0.25) is 4.68 Å². The monoisotopic (exact) mass is 397 g/mol. The SMILES string of the molecule is CNc1nc(-c2cc3cn(C)nc3c(C)c2OCOC)nc2ccc(Cl)cc12. The molecular weight excluding hydrogens is 378 g/mol. The lowest BCUT2D eigenvalue weighted by atomic mass is 10.0. The summed E-state index contributed by atoms with van der Waals surface area (Å²) in [7, 11) is 5.30. The summed E-state index contributed by atoms with van der Waals surface area (Å²) < 4.78 is 12.8. The summed E-state index contributed by atoms with van der Waals surface area (Å²) in [5.41, 5.74) is 3.36. The van der Waals surface area contributed by atoms with Gasteiger partial charge in [0.15, 0.2) is 12.6 Å². The van der Waals surface area contributed by atoms with Crippen LogP contribution in [0.5, 0.6) is 5.75 Å². The fourth-order valence-corrected chi connectivity index (χ4v) is 3.49. The number of ether oxygens (including phenoxy) is 2.